The first kappa shape index (κ1) is 8.82. The quantitative estimate of drug-likeness (QED) is 0.248. The van der Waals surface area contributed by atoms with Gasteiger partial charge in [-0.25, -0.2) is 0 Å². The average Bonchev–Trinajstić information content (AvgIpc) is 1.62. The molecule has 0 aromatic carbocycles. The van der Waals surface area contributed by atoms with E-state index in [0.29, 0.717) is 0 Å². The Hall–Kier alpha value is -0.180. The first-order valence-electron chi connectivity index (χ1n) is 2.89. The predicted molar refractivity (Wildman–Crippen MR) is 45.2 cm³/mol. The van der Waals surface area contributed by atoms with Crippen molar-refractivity contribution in [1.29, 1.82) is 0 Å². The largest absolute Gasteiger partial charge is 0.360 e. The number of nitrogens with zero attached hydrogens (tertiary/aromatic N) is 1. The van der Waals surface area contributed by atoms with E-state index in [1.54, 1.807) is 7.05 Å². The minimum atomic E-state index is -0.163. The second-order valence-corrected chi connectivity index (χ2v) is 3.61. The Bertz CT molecular complexity index is 113. The van der Waals surface area contributed by atoms with Crippen LogP contribution in [0.15, 0.2) is 4.99 Å². The summed E-state index contributed by atoms with van der Waals surface area (Å²) < 4.78 is 0. The van der Waals surface area contributed by atoms with Crippen LogP contribution in [0.1, 0.15) is 20.8 Å². The molecule has 0 aliphatic carbocycles. The molecular formula is C6H14N2S. The average molecular weight is 146 g/mol. The summed E-state index contributed by atoms with van der Waals surface area (Å²) in [7, 11) is 1.75. The number of rotatable bonds is 1. The molecule has 54 valence electrons. The van der Waals surface area contributed by atoms with Gasteiger partial charge in [-0.05, 0) is 20.8 Å². The monoisotopic (exact) mass is 146 g/mol. The van der Waals surface area contributed by atoms with Crippen LogP contribution in [0.3, 0.4) is 0 Å². The third kappa shape index (κ3) is 5.69. The van der Waals surface area contributed by atoms with Crippen LogP contribution < -0.4 is 5.32 Å². The molecule has 0 saturated carbocycles. The van der Waals surface area contributed by atoms with E-state index in [1.165, 1.54) is 0 Å². The maximum Gasteiger partial charge on any atom is 0.0938 e. The Morgan fingerprint density at radius 2 is 2.00 bits per heavy atom. The van der Waals surface area contributed by atoms with Gasteiger partial charge >= 0.3 is 0 Å². The van der Waals surface area contributed by atoms with Crippen molar-refractivity contribution in [1.82, 2.24) is 5.32 Å². The number of hydrogen-bond acceptors (Lipinski definition) is 2. The van der Waals surface area contributed by atoms with E-state index in [4.69, 9.17) is 0 Å². The third-order valence-electron chi connectivity index (χ3n) is 0.822. The predicted octanol–water partition coefficient (Wildman–Crippen LogP) is 1.29. The van der Waals surface area contributed by atoms with Crippen LogP contribution in [0.2, 0.25) is 0 Å². The molecule has 0 aromatic rings. The maximum atomic E-state index is 4.26. The lowest BCUT2D eigenvalue weighted by molar-refractivity contribution is 0.671. The van der Waals surface area contributed by atoms with Gasteiger partial charge < -0.3 is 5.32 Å². The van der Waals surface area contributed by atoms with Gasteiger partial charge in [0, 0.05) is 7.05 Å². The van der Waals surface area contributed by atoms with E-state index in [2.05, 4.69) is 22.9 Å². The highest BCUT2D eigenvalue weighted by Gasteiger charge is 2.08. The van der Waals surface area contributed by atoms with Crippen molar-refractivity contribution in [3.8, 4) is 0 Å². The van der Waals surface area contributed by atoms with Crippen LogP contribution in [0, 0.1) is 0 Å². The Balaban J connectivity index is 3.75. The fraction of sp³-hybridized carbons (Fsp3) is 0.833. The zero-order chi connectivity index (χ0) is 7.49. The molecule has 0 aliphatic heterocycles. The summed E-state index contributed by atoms with van der Waals surface area (Å²) in [6.45, 7) is 5.87. The lowest BCUT2D eigenvalue weighted by Crippen LogP contribution is -2.37. The summed E-state index contributed by atoms with van der Waals surface area (Å²) >= 11 is 4.26. The van der Waals surface area contributed by atoms with Gasteiger partial charge in [0.2, 0.25) is 0 Å². The Kier molecular flexibility index (Phi) is 3.04. The fourth-order valence-corrected chi connectivity index (χ4v) is 0.660. The molecule has 0 atom stereocenters. The molecule has 0 aliphatic rings. The molecule has 0 radical (unpaired) electrons. The summed E-state index contributed by atoms with van der Waals surface area (Å²) in [4.78, 5) is 3.77. The smallest absolute Gasteiger partial charge is 0.0938 e. The first-order chi connectivity index (χ1) is 3.95. The summed E-state index contributed by atoms with van der Waals surface area (Å²) in [6, 6.07) is 0. The standard InChI is InChI=1S/C6H14N2S/c1-5(7-4)8-6(2,3)9/h9H,1-4H3,(H,7,8). The number of hydrogen-bond donors (Lipinski definition) is 2. The number of aliphatic imine (C=N–C) groups is 1. The summed E-state index contributed by atoms with van der Waals surface area (Å²) in [6.07, 6.45) is 0. The van der Waals surface area contributed by atoms with Crippen LogP contribution in [0.4, 0.5) is 0 Å². The van der Waals surface area contributed by atoms with Gasteiger partial charge in [0.15, 0.2) is 0 Å². The zero-order valence-corrected chi connectivity index (χ0v) is 7.29. The molecule has 0 amide bonds. The van der Waals surface area contributed by atoms with Crippen molar-refractivity contribution in [2.75, 3.05) is 7.05 Å². The van der Waals surface area contributed by atoms with E-state index >= 15 is 0 Å². The molecule has 3 heteroatoms. The number of nitrogens with one attached hydrogen (secondary N) is 1. The Morgan fingerprint density at radius 1 is 1.56 bits per heavy atom. The minimum absolute atomic E-state index is 0.163. The van der Waals surface area contributed by atoms with E-state index in [9.17, 15) is 0 Å². The van der Waals surface area contributed by atoms with Crippen molar-refractivity contribution in [2.24, 2.45) is 4.99 Å². The molecule has 9 heavy (non-hydrogen) atoms. The molecule has 0 fully saturated rings. The van der Waals surface area contributed by atoms with Crippen LogP contribution in [-0.4, -0.2) is 17.8 Å². The van der Waals surface area contributed by atoms with E-state index in [0.717, 1.165) is 5.84 Å². The molecule has 0 heterocycles. The van der Waals surface area contributed by atoms with Crippen molar-refractivity contribution < 1.29 is 0 Å². The van der Waals surface area contributed by atoms with E-state index < -0.39 is 0 Å². The fourth-order valence-electron chi connectivity index (χ4n) is 0.499. The summed E-state index contributed by atoms with van der Waals surface area (Å²) in [5.41, 5.74) is 0. The Morgan fingerprint density at radius 3 is 2.11 bits per heavy atom. The molecule has 0 rings (SSSR count). The zero-order valence-electron chi connectivity index (χ0n) is 6.39. The molecule has 0 spiro atoms. The lowest BCUT2D eigenvalue weighted by atomic mass is 10.4. The van der Waals surface area contributed by atoms with Crippen molar-refractivity contribution in [2.45, 2.75) is 25.6 Å². The van der Waals surface area contributed by atoms with Crippen molar-refractivity contribution in [3.63, 3.8) is 0 Å². The van der Waals surface area contributed by atoms with Gasteiger partial charge in [0.25, 0.3) is 0 Å². The molecule has 0 bridgehead atoms. The highest BCUT2D eigenvalue weighted by Crippen LogP contribution is 2.05. The van der Waals surface area contributed by atoms with Gasteiger partial charge in [-0.2, -0.15) is 12.6 Å². The van der Waals surface area contributed by atoms with Crippen LogP contribution in [0.5, 0.6) is 0 Å². The number of amidine groups is 1. The van der Waals surface area contributed by atoms with Crippen LogP contribution >= 0.6 is 12.6 Å². The van der Waals surface area contributed by atoms with Crippen LogP contribution in [0.25, 0.3) is 0 Å². The van der Waals surface area contributed by atoms with Crippen LogP contribution in [-0.2, 0) is 0 Å². The first-order valence-corrected chi connectivity index (χ1v) is 3.34. The summed E-state index contributed by atoms with van der Waals surface area (Å²) in [5.74, 6) is 0.912. The lowest BCUT2D eigenvalue weighted by Gasteiger charge is -2.19. The van der Waals surface area contributed by atoms with Gasteiger partial charge in [-0.15, -0.1) is 0 Å². The van der Waals surface area contributed by atoms with Gasteiger partial charge in [-0.3, -0.25) is 4.99 Å². The molecule has 1 N–H and O–H groups in total. The SMILES string of the molecule is CN=C(C)NC(C)(C)S. The molecule has 0 unspecified atom stereocenters. The third-order valence-corrected chi connectivity index (χ3v) is 0.934. The minimum Gasteiger partial charge on any atom is -0.360 e. The highest BCUT2D eigenvalue weighted by molar-refractivity contribution is 7.81. The topological polar surface area (TPSA) is 24.4 Å². The van der Waals surface area contributed by atoms with Crippen molar-refractivity contribution in [3.05, 3.63) is 0 Å². The van der Waals surface area contributed by atoms with Gasteiger partial charge in [0.05, 0.1) is 10.7 Å². The molecule has 2 nitrogen and oxygen atoms in total. The molecular weight excluding hydrogens is 132 g/mol. The number of thiol groups is 1. The van der Waals surface area contributed by atoms with Gasteiger partial charge in [0.1, 0.15) is 0 Å². The van der Waals surface area contributed by atoms with E-state index in [1.807, 2.05) is 20.8 Å². The maximum absolute atomic E-state index is 4.26. The second kappa shape index (κ2) is 3.11. The van der Waals surface area contributed by atoms with E-state index in [-0.39, 0.29) is 4.87 Å². The second-order valence-electron chi connectivity index (χ2n) is 2.49. The Labute approximate surface area is 62.2 Å². The summed E-state index contributed by atoms with van der Waals surface area (Å²) in [5, 5.41) is 3.08. The molecule has 0 saturated heterocycles. The highest BCUT2D eigenvalue weighted by atomic mass is 32.1. The normalized spacial score (nSPS) is 13.7. The van der Waals surface area contributed by atoms with Crippen molar-refractivity contribution >= 4 is 18.5 Å². The molecule has 0 aromatic heterocycles. The van der Waals surface area contributed by atoms with Gasteiger partial charge in [-0.1, -0.05) is 0 Å².